The van der Waals surface area contributed by atoms with Gasteiger partial charge < -0.3 is 19.2 Å². The summed E-state index contributed by atoms with van der Waals surface area (Å²) in [5, 5.41) is 6.43. The second-order valence-electron chi connectivity index (χ2n) is 6.62. The number of thiophene rings is 1. The molecule has 1 atom stereocenters. The molecular formula is C22H19NO5S. The van der Waals surface area contributed by atoms with E-state index in [2.05, 4.69) is 5.32 Å². The summed E-state index contributed by atoms with van der Waals surface area (Å²) in [5.74, 6) is -0.480. The number of fused-ring (bicyclic) bond motifs is 3. The van der Waals surface area contributed by atoms with Crippen LogP contribution in [0.25, 0.3) is 21.9 Å². The van der Waals surface area contributed by atoms with E-state index in [4.69, 9.17) is 13.9 Å². The van der Waals surface area contributed by atoms with Crippen molar-refractivity contribution in [1.29, 1.82) is 0 Å². The van der Waals surface area contributed by atoms with Gasteiger partial charge in [0.15, 0.2) is 6.10 Å². The lowest BCUT2D eigenvalue weighted by atomic mass is 10.1. The third-order valence-electron chi connectivity index (χ3n) is 4.66. The Labute approximate surface area is 171 Å². The number of aryl methyl sites for hydroxylation is 1. The maximum atomic E-state index is 12.6. The summed E-state index contributed by atoms with van der Waals surface area (Å²) in [5.41, 5.74) is 2.65. The van der Waals surface area contributed by atoms with Crippen LogP contribution in [-0.2, 0) is 9.53 Å². The molecular weight excluding hydrogens is 390 g/mol. The first kappa shape index (κ1) is 19.0. The van der Waals surface area contributed by atoms with E-state index >= 15 is 0 Å². The van der Waals surface area contributed by atoms with Gasteiger partial charge in [0, 0.05) is 16.8 Å². The number of hydrogen-bond donors (Lipinski definition) is 1. The lowest BCUT2D eigenvalue weighted by Gasteiger charge is -2.15. The van der Waals surface area contributed by atoms with Crippen molar-refractivity contribution in [2.45, 2.75) is 20.0 Å². The van der Waals surface area contributed by atoms with Gasteiger partial charge in [-0.05, 0) is 43.0 Å². The summed E-state index contributed by atoms with van der Waals surface area (Å²) in [6.45, 7) is 3.35. The van der Waals surface area contributed by atoms with Crippen molar-refractivity contribution in [2.75, 3.05) is 12.4 Å². The van der Waals surface area contributed by atoms with E-state index in [0.29, 0.717) is 21.9 Å². The van der Waals surface area contributed by atoms with E-state index in [-0.39, 0.29) is 0 Å². The first-order valence-electron chi connectivity index (χ1n) is 9.03. The molecule has 0 fully saturated rings. The molecule has 0 aliphatic rings. The minimum Gasteiger partial charge on any atom is -0.495 e. The Balaban J connectivity index is 1.57. The fourth-order valence-electron chi connectivity index (χ4n) is 3.10. The van der Waals surface area contributed by atoms with Gasteiger partial charge in [-0.15, -0.1) is 11.3 Å². The van der Waals surface area contributed by atoms with Crippen LogP contribution < -0.4 is 10.1 Å². The molecule has 2 aromatic carbocycles. The normalized spacial score (nSPS) is 12.1. The average molecular weight is 409 g/mol. The highest BCUT2D eigenvalue weighted by Crippen LogP contribution is 2.36. The number of para-hydroxylation sites is 1. The predicted molar refractivity (Wildman–Crippen MR) is 113 cm³/mol. The van der Waals surface area contributed by atoms with Crippen LogP contribution in [0.4, 0.5) is 5.69 Å². The van der Waals surface area contributed by atoms with Gasteiger partial charge in [0.25, 0.3) is 5.91 Å². The number of carbonyl (C=O) groups excluding carboxylic acids is 2. The molecule has 0 unspecified atom stereocenters. The highest BCUT2D eigenvalue weighted by Gasteiger charge is 2.22. The van der Waals surface area contributed by atoms with Gasteiger partial charge in [0.05, 0.1) is 12.8 Å². The predicted octanol–water partition coefficient (Wildman–Crippen LogP) is 5.15. The van der Waals surface area contributed by atoms with Crippen molar-refractivity contribution in [2.24, 2.45) is 0 Å². The summed E-state index contributed by atoms with van der Waals surface area (Å²) >= 11 is 1.29. The lowest BCUT2D eigenvalue weighted by Crippen LogP contribution is -2.30. The van der Waals surface area contributed by atoms with Crippen molar-refractivity contribution in [3.63, 3.8) is 0 Å². The van der Waals surface area contributed by atoms with Crippen molar-refractivity contribution in [3.05, 3.63) is 58.3 Å². The molecule has 4 aromatic rings. The molecule has 0 saturated carbocycles. The van der Waals surface area contributed by atoms with Gasteiger partial charge in [-0.2, -0.15) is 0 Å². The number of nitrogens with one attached hydrogen (secondary N) is 1. The third kappa shape index (κ3) is 3.56. The van der Waals surface area contributed by atoms with Crippen molar-refractivity contribution < 1.29 is 23.5 Å². The van der Waals surface area contributed by atoms with Crippen LogP contribution >= 0.6 is 11.3 Å². The molecule has 1 amide bonds. The first-order chi connectivity index (χ1) is 14.0. The summed E-state index contributed by atoms with van der Waals surface area (Å²) in [4.78, 5) is 25.4. The Morgan fingerprint density at radius 2 is 1.90 bits per heavy atom. The van der Waals surface area contributed by atoms with Crippen LogP contribution in [0.5, 0.6) is 5.75 Å². The van der Waals surface area contributed by atoms with E-state index in [0.717, 1.165) is 21.9 Å². The number of hydrogen-bond acceptors (Lipinski definition) is 6. The van der Waals surface area contributed by atoms with E-state index < -0.39 is 18.0 Å². The van der Waals surface area contributed by atoms with E-state index in [1.807, 2.05) is 48.7 Å². The first-order valence-corrected chi connectivity index (χ1v) is 9.91. The zero-order chi connectivity index (χ0) is 20.5. The largest absolute Gasteiger partial charge is 0.495 e. The summed E-state index contributed by atoms with van der Waals surface area (Å²) in [6.07, 6.45) is -0.972. The Morgan fingerprint density at radius 3 is 2.62 bits per heavy atom. The van der Waals surface area contributed by atoms with Crippen molar-refractivity contribution in [3.8, 4) is 5.75 Å². The quantitative estimate of drug-likeness (QED) is 0.461. The fraction of sp³-hybridized carbons (Fsp3) is 0.182. The fourth-order valence-corrected chi connectivity index (χ4v) is 3.91. The van der Waals surface area contributed by atoms with E-state index in [1.165, 1.54) is 25.4 Å². The molecule has 0 bridgehead atoms. The number of methoxy groups -OCH3 is 1. The lowest BCUT2D eigenvalue weighted by molar-refractivity contribution is -0.123. The molecule has 0 saturated heterocycles. The second kappa shape index (κ2) is 7.60. The number of benzene rings is 2. The molecule has 2 aromatic heterocycles. The SMILES string of the molecule is COc1cc2c(cc1NC(=O)[C@H](C)OC(=O)c1sccc1C)oc1ccccc12. The number of esters is 1. The number of ether oxygens (including phenoxy) is 2. The number of rotatable bonds is 5. The van der Waals surface area contributed by atoms with Gasteiger partial charge in [0.2, 0.25) is 0 Å². The van der Waals surface area contributed by atoms with Crippen molar-refractivity contribution in [1.82, 2.24) is 0 Å². The average Bonchev–Trinajstić information content (AvgIpc) is 3.30. The molecule has 148 valence electrons. The number of carbonyl (C=O) groups is 2. The molecule has 0 aliphatic heterocycles. The Hall–Kier alpha value is -3.32. The number of anilines is 1. The van der Waals surface area contributed by atoms with Crippen LogP contribution in [0.2, 0.25) is 0 Å². The van der Waals surface area contributed by atoms with Crippen LogP contribution in [0.1, 0.15) is 22.2 Å². The monoisotopic (exact) mass is 409 g/mol. The topological polar surface area (TPSA) is 77.8 Å². The molecule has 2 heterocycles. The summed E-state index contributed by atoms with van der Waals surface area (Å²) in [6, 6.07) is 13.0. The molecule has 29 heavy (non-hydrogen) atoms. The molecule has 4 rings (SSSR count). The van der Waals surface area contributed by atoms with Crippen molar-refractivity contribution >= 4 is 50.8 Å². The molecule has 0 spiro atoms. The third-order valence-corrected chi connectivity index (χ3v) is 5.65. The molecule has 0 aliphatic carbocycles. The Morgan fingerprint density at radius 1 is 1.10 bits per heavy atom. The van der Waals surface area contributed by atoms with Gasteiger partial charge in [-0.1, -0.05) is 18.2 Å². The minimum atomic E-state index is -0.972. The summed E-state index contributed by atoms with van der Waals surface area (Å²) in [7, 11) is 1.53. The van der Waals surface area contributed by atoms with E-state index in [9.17, 15) is 9.59 Å². The van der Waals surface area contributed by atoms with Gasteiger partial charge in [0.1, 0.15) is 21.8 Å². The zero-order valence-corrected chi connectivity index (χ0v) is 17.0. The second-order valence-corrected chi connectivity index (χ2v) is 7.53. The smallest absolute Gasteiger partial charge is 0.349 e. The molecule has 7 heteroatoms. The number of amides is 1. The standard InChI is InChI=1S/C22H19NO5S/c1-12-8-9-29-20(12)22(25)27-13(2)21(24)23-16-11-18-15(10-19(16)26-3)14-6-4-5-7-17(14)28-18/h4-11,13H,1-3H3,(H,23,24)/t13-/m0/s1. The zero-order valence-electron chi connectivity index (χ0n) is 16.1. The van der Waals surface area contributed by atoms with Gasteiger partial charge >= 0.3 is 5.97 Å². The molecule has 1 N–H and O–H groups in total. The summed E-state index contributed by atoms with van der Waals surface area (Å²) < 4.78 is 16.6. The van der Waals surface area contributed by atoms with E-state index in [1.54, 1.807) is 6.07 Å². The minimum absolute atomic E-state index is 0.444. The van der Waals surface area contributed by atoms with Crippen LogP contribution in [0.3, 0.4) is 0 Å². The number of furan rings is 1. The highest BCUT2D eigenvalue weighted by molar-refractivity contribution is 7.12. The van der Waals surface area contributed by atoms with Gasteiger partial charge in [-0.25, -0.2) is 4.79 Å². The van der Waals surface area contributed by atoms with Gasteiger partial charge in [-0.3, -0.25) is 4.79 Å². The maximum absolute atomic E-state index is 12.6. The Bertz CT molecular complexity index is 1220. The van der Waals surface area contributed by atoms with Crippen LogP contribution in [-0.4, -0.2) is 25.1 Å². The highest BCUT2D eigenvalue weighted by atomic mass is 32.1. The maximum Gasteiger partial charge on any atom is 0.349 e. The molecule has 6 nitrogen and oxygen atoms in total. The Kier molecular flexibility index (Phi) is 4.98. The van der Waals surface area contributed by atoms with Crippen LogP contribution in [0, 0.1) is 6.92 Å². The van der Waals surface area contributed by atoms with Crippen LogP contribution in [0.15, 0.2) is 52.3 Å². The molecule has 0 radical (unpaired) electrons.